The van der Waals surface area contributed by atoms with Gasteiger partial charge < -0.3 is 10.6 Å². The second-order valence-corrected chi connectivity index (χ2v) is 6.26. The van der Waals surface area contributed by atoms with Gasteiger partial charge in [-0.15, -0.1) is 11.7 Å². The van der Waals surface area contributed by atoms with Gasteiger partial charge in [0.1, 0.15) is 0 Å². The zero-order valence-corrected chi connectivity index (χ0v) is 13.3. The predicted octanol–water partition coefficient (Wildman–Crippen LogP) is 0.771. The third-order valence-electron chi connectivity index (χ3n) is 2.94. The molecule has 4 N–H and O–H groups in total. The van der Waals surface area contributed by atoms with E-state index in [0.29, 0.717) is 31.3 Å². The zero-order valence-electron chi connectivity index (χ0n) is 12.4. The molecule has 0 atom stereocenters. The summed E-state index contributed by atoms with van der Waals surface area (Å²) in [6.07, 6.45) is 3.93. The lowest BCUT2D eigenvalue weighted by atomic mass is 10.1. The van der Waals surface area contributed by atoms with Crippen molar-refractivity contribution < 1.29 is 8.42 Å². The molecule has 1 aromatic heterocycles. The summed E-state index contributed by atoms with van der Waals surface area (Å²) in [7, 11) is -3.65. The number of anilines is 2. The number of nitrogens with zero attached hydrogens (tertiary/aromatic N) is 3. The fourth-order valence-corrected chi connectivity index (χ4v) is 2.32. The van der Waals surface area contributed by atoms with Crippen LogP contribution in [0.2, 0.25) is 0 Å². The Kier molecular flexibility index (Phi) is 5.61. The molecule has 0 saturated heterocycles. The minimum atomic E-state index is -3.65. The van der Waals surface area contributed by atoms with Gasteiger partial charge in [-0.05, 0) is 24.1 Å². The van der Waals surface area contributed by atoms with Gasteiger partial charge in [0.15, 0.2) is 5.82 Å². The van der Waals surface area contributed by atoms with Gasteiger partial charge in [0.2, 0.25) is 16.0 Å². The largest absolute Gasteiger partial charge is 0.365 e. The highest BCUT2D eigenvalue weighted by Gasteiger charge is 2.06. The highest BCUT2D eigenvalue weighted by atomic mass is 32.2. The average molecular weight is 334 g/mol. The monoisotopic (exact) mass is 334 g/mol. The van der Waals surface area contributed by atoms with Gasteiger partial charge >= 0.3 is 0 Å². The van der Waals surface area contributed by atoms with E-state index in [-0.39, 0.29) is 4.90 Å². The maximum Gasteiger partial charge on any atom is 0.244 e. The SMILES string of the molecule is C=CCNc1cnnc(NCCc2ccc(S(N)(=O)=O)cc2)n1. The van der Waals surface area contributed by atoms with Crippen molar-refractivity contribution >= 4 is 21.8 Å². The van der Waals surface area contributed by atoms with Crippen LogP contribution in [-0.4, -0.2) is 36.7 Å². The first-order valence-electron chi connectivity index (χ1n) is 6.89. The molecule has 0 spiro atoms. The molecule has 122 valence electrons. The molecule has 0 unspecified atom stereocenters. The van der Waals surface area contributed by atoms with Gasteiger partial charge in [-0.1, -0.05) is 18.2 Å². The molecule has 0 bridgehead atoms. The summed E-state index contributed by atoms with van der Waals surface area (Å²) in [4.78, 5) is 4.35. The standard InChI is InChI=1S/C14H18N6O2S/c1-2-8-16-13-10-18-20-14(19-13)17-9-7-11-3-5-12(6-4-11)23(15,21)22/h2-6,10H,1,7-9H2,(H2,15,21,22)(H2,16,17,19,20). The van der Waals surface area contributed by atoms with Crippen LogP contribution in [0.1, 0.15) is 5.56 Å². The smallest absolute Gasteiger partial charge is 0.244 e. The van der Waals surface area contributed by atoms with Crippen LogP contribution in [0.4, 0.5) is 11.8 Å². The van der Waals surface area contributed by atoms with Gasteiger partial charge in [0.25, 0.3) is 0 Å². The fraction of sp³-hybridized carbons (Fsp3) is 0.214. The van der Waals surface area contributed by atoms with Crippen LogP contribution in [0.25, 0.3) is 0 Å². The molecule has 8 nitrogen and oxygen atoms in total. The summed E-state index contributed by atoms with van der Waals surface area (Å²) >= 11 is 0. The number of sulfonamides is 1. The number of nitrogens with one attached hydrogen (secondary N) is 2. The van der Waals surface area contributed by atoms with Crippen LogP contribution in [0.5, 0.6) is 0 Å². The number of benzene rings is 1. The van der Waals surface area contributed by atoms with E-state index in [9.17, 15) is 8.42 Å². The van der Waals surface area contributed by atoms with Crippen molar-refractivity contribution in [3.63, 3.8) is 0 Å². The number of primary sulfonamides is 1. The van der Waals surface area contributed by atoms with Gasteiger partial charge in [-0.25, -0.2) is 13.6 Å². The van der Waals surface area contributed by atoms with Crippen molar-refractivity contribution in [3.05, 3.63) is 48.7 Å². The van der Waals surface area contributed by atoms with Crippen LogP contribution in [-0.2, 0) is 16.4 Å². The Morgan fingerprint density at radius 2 is 1.96 bits per heavy atom. The predicted molar refractivity (Wildman–Crippen MR) is 88.5 cm³/mol. The molecule has 0 fully saturated rings. The molecule has 2 rings (SSSR count). The molecule has 1 heterocycles. The molecule has 0 radical (unpaired) electrons. The average Bonchev–Trinajstić information content (AvgIpc) is 2.53. The van der Waals surface area contributed by atoms with Gasteiger partial charge in [0, 0.05) is 13.1 Å². The van der Waals surface area contributed by atoms with Crippen LogP contribution in [0, 0.1) is 0 Å². The molecule has 2 aromatic rings. The van der Waals surface area contributed by atoms with E-state index in [1.165, 1.54) is 18.3 Å². The first-order valence-corrected chi connectivity index (χ1v) is 8.44. The number of rotatable bonds is 8. The van der Waals surface area contributed by atoms with E-state index < -0.39 is 10.0 Å². The summed E-state index contributed by atoms with van der Waals surface area (Å²) in [5, 5.41) is 18.9. The van der Waals surface area contributed by atoms with E-state index >= 15 is 0 Å². The lowest BCUT2D eigenvalue weighted by Gasteiger charge is -2.07. The number of hydrogen-bond donors (Lipinski definition) is 3. The van der Waals surface area contributed by atoms with Gasteiger partial charge in [-0.3, -0.25) is 0 Å². The quantitative estimate of drug-likeness (QED) is 0.609. The number of nitrogens with two attached hydrogens (primary N) is 1. The molecule has 0 aliphatic rings. The molecule has 0 aliphatic heterocycles. The summed E-state index contributed by atoms with van der Waals surface area (Å²) in [6.45, 7) is 4.79. The first kappa shape index (κ1) is 16.8. The molecule has 9 heteroatoms. The lowest BCUT2D eigenvalue weighted by molar-refractivity contribution is 0.598. The number of aromatic nitrogens is 3. The number of hydrogen-bond acceptors (Lipinski definition) is 7. The molecule has 1 aromatic carbocycles. The van der Waals surface area contributed by atoms with Crippen molar-refractivity contribution in [3.8, 4) is 0 Å². The van der Waals surface area contributed by atoms with E-state index in [0.717, 1.165) is 5.56 Å². The minimum absolute atomic E-state index is 0.0998. The Morgan fingerprint density at radius 3 is 2.61 bits per heavy atom. The highest BCUT2D eigenvalue weighted by molar-refractivity contribution is 7.89. The fourth-order valence-electron chi connectivity index (χ4n) is 1.80. The van der Waals surface area contributed by atoms with E-state index in [1.807, 2.05) is 0 Å². The molecule has 0 amide bonds. The topological polar surface area (TPSA) is 123 Å². The Bertz CT molecular complexity index is 761. The van der Waals surface area contributed by atoms with Crippen LogP contribution in [0.3, 0.4) is 0 Å². The molecular formula is C14H18N6O2S. The first-order chi connectivity index (χ1) is 11.0. The summed E-state index contributed by atoms with van der Waals surface area (Å²) in [5.74, 6) is 1.03. The van der Waals surface area contributed by atoms with E-state index in [2.05, 4.69) is 32.4 Å². The van der Waals surface area contributed by atoms with Crippen molar-refractivity contribution in [2.24, 2.45) is 5.14 Å². The van der Waals surface area contributed by atoms with Crippen LogP contribution < -0.4 is 15.8 Å². The van der Waals surface area contributed by atoms with Crippen molar-refractivity contribution in [1.82, 2.24) is 15.2 Å². The van der Waals surface area contributed by atoms with Crippen molar-refractivity contribution in [2.45, 2.75) is 11.3 Å². The summed E-state index contributed by atoms with van der Waals surface area (Å²) < 4.78 is 22.4. The van der Waals surface area contributed by atoms with E-state index in [4.69, 9.17) is 5.14 Å². The minimum Gasteiger partial charge on any atom is -0.365 e. The molecule has 0 saturated carbocycles. The Balaban J connectivity index is 1.88. The summed E-state index contributed by atoms with van der Waals surface area (Å²) in [5.41, 5.74) is 0.971. The van der Waals surface area contributed by atoms with Gasteiger partial charge in [0.05, 0.1) is 11.1 Å². The third-order valence-corrected chi connectivity index (χ3v) is 3.86. The molecule has 23 heavy (non-hydrogen) atoms. The molecular weight excluding hydrogens is 316 g/mol. The highest BCUT2D eigenvalue weighted by Crippen LogP contribution is 2.09. The normalized spacial score (nSPS) is 11.0. The van der Waals surface area contributed by atoms with Crippen LogP contribution >= 0.6 is 0 Å². The van der Waals surface area contributed by atoms with Crippen molar-refractivity contribution in [1.29, 1.82) is 0 Å². The Morgan fingerprint density at radius 1 is 1.22 bits per heavy atom. The maximum atomic E-state index is 11.2. The van der Waals surface area contributed by atoms with Gasteiger partial charge in [-0.2, -0.15) is 10.1 Å². The van der Waals surface area contributed by atoms with Crippen LogP contribution in [0.15, 0.2) is 48.0 Å². The Labute approximate surface area is 134 Å². The Hall–Kier alpha value is -2.52. The second-order valence-electron chi connectivity index (χ2n) is 4.70. The second kappa shape index (κ2) is 7.65. The van der Waals surface area contributed by atoms with Crippen molar-refractivity contribution in [2.75, 3.05) is 23.7 Å². The van der Waals surface area contributed by atoms with E-state index in [1.54, 1.807) is 18.2 Å². The summed E-state index contributed by atoms with van der Waals surface area (Å²) in [6, 6.07) is 6.43. The zero-order chi connectivity index (χ0) is 16.7. The molecule has 0 aliphatic carbocycles. The maximum absolute atomic E-state index is 11.2. The lowest BCUT2D eigenvalue weighted by Crippen LogP contribution is -2.12. The third kappa shape index (κ3) is 5.31.